The van der Waals surface area contributed by atoms with Gasteiger partial charge in [-0.2, -0.15) is 0 Å². The van der Waals surface area contributed by atoms with Gasteiger partial charge in [0.15, 0.2) is 0 Å². The van der Waals surface area contributed by atoms with Crippen LogP contribution < -0.4 is 11.1 Å². The van der Waals surface area contributed by atoms with E-state index in [2.05, 4.69) is 37.4 Å². The minimum Gasteiger partial charge on any atom is -0.368 e. The second-order valence-electron chi connectivity index (χ2n) is 3.92. The molecular weight excluding hydrogens is 188 g/mol. The van der Waals surface area contributed by atoms with Crippen LogP contribution in [0, 0.1) is 13.8 Å². The van der Waals surface area contributed by atoms with Gasteiger partial charge in [-0.1, -0.05) is 18.2 Å². The highest BCUT2D eigenvalue weighted by molar-refractivity contribution is 5.79. The Morgan fingerprint density at radius 2 is 2.07 bits per heavy atom. The molecule has 3 N–H and O–H groups in total. The lowest BCUT2D eigenvalue weighted by Crippen LogP contribution is -2.38. The monoisotopic (exact) mass is 206 g/mol. The van der Waals surface area contributed by atoms with Crippen LogP contribution in [0.5, 0.6) is 0 Å². The number of benzene rings is 1. The zero-order valence-electron chi connectivity index (χ0n) is 9.50. The van der Waals surface area contributed by atoms with Crippen LogP contribution in [0.25, 0.3) is 0 Å². The third kappa shape index (κ3) is 3.36. The fourth-order valence-corrected chi connectivity index (χ4v) is 1.29. The highest BCUT2D eigenvalue weighted by Crippen LogP contribution is 2.09. The number of rotatable bonds is 4. The van der Waals surface area contributed by atoms with E-state index in [1.165, 1.54) is 16.7 Å². The molecule has 3 heteroatoms. The van der Waals surface area contributed by atoms with Crippen molar-refractivity contribution in [3.05, 3.63) is 34.9 Å². The Kier molecular flexibility index (Phi) is 3.86. The number of carbonyl (C=O) groups excluding carboxylic acids is 1. The van der Waals surface area contributed by atoms with Gasteiger partial charge in [-0.05, 0) is 37.5 Å². The Morgan fingerprint density at radius 1 is 1.40 bits per heavy atom. The number of hydrogen-bond acceptors (Lipinski definition) is 2. The fourth-order valence-electron chi connectivity index (χ4n) is 1.29. The van der Waals surface area contributed by atoms with Crippen LogP contribution in [-0.2, 0) is 11.3 Å². The number of primary amides is 1. The summed E-state index contributed by atoms with van der Waals surface area (Å²) in [5, 5.41) is 3.07. The molecule has 1 atom stereocenters. The molecule has 0 saturated heterocycles. The maximum Gasteiger partial charge on any atom is 0.234 e. The van der Waals surface area contributed by atoms with Gasteiger partial charge in [0.25, 0.3) is 0 Å². The van der Waals surface area contributed by atoms with Crippen LogP contribution in [0.2, 0.25) is 0 Å². The highest BCUT2D eigenvalue weighted by atomic mass is 16.1. The van der Waals surface area contributed by atoms with Crippen molar-refractivity contribution in [2.45, 2.75) is 33.4 Å². The molecule has 82 valence electrons. The van der Waals surface area contributed by atoms with Crippen molar-refractivity contribution >= 4 is 5.91 Å². The third-order valence-corrected chi connectivity index (χ3v) is 2.61. The van der Waals surface area contributed by atoms with E-state index in [0.717, 1.165) is 0 Å². The van der Waals surface area contributed by atoms with E-state index in [1.807, 2.05) is 0 Å². The molecule has 0 aliphatic rings. The lowest BCUT2D eigenvalue weighted by molar-refractivity contribution is -0.119. The maximum atomic E-state index is 10.8. The Balaban J connectivity index is 2.58. The minimum absolute atomic E-state index is 0.286. The van der Waals surface area contributed by atoms with Gasteiger partial charge in [0.05, 0.1) is 6.04 Å². The summed E-state index contributed by atoms with van der Waals surface area (Å²) in [4.78, 5) is 10.8. The Hall–Kier alpha value is -1.35. The second kappa shape index (κ2) is 4.94. The van der Waals surface area contributed by atoms with Crippen molar-refractivity contribution in [2.75, 3.05) is 0 Å². The summed E-state index contributed by atoms with van der Waals surface area (Å²) < 4.78 is 0. The zero-order chi connectivity index (χ0) is 11.4. The van der Waals surface area contributed by atoms with Crippen molar-refractivity contribution in [1.82, 2.24) is 5.32 Å². The molecule has 1 rings (SSSR count). The average Bonchev–Trinajstić information content (AvgIpc) is 2.19. The molecule has 3 nitrogen and oxygen atoms in total. The summed E-state index contributed by atoms with van der Waals surface area (Å²) in [6, 6.07) is 5.98. The SMILES string of the molecule is Cc1ccc(CNC(C)C(N)=O)cc1C. The highest BCUT2D eigenvalue weighted by Gasteiger charge is 2.06. The van der Waals surface area contributed by atoms with Gasteiger partial charge in [0.1, 0.15) is 0 Å². The molecule has 0 aromatic heterocycles. The van der Waals surface area contributed by atoms with Crippen molar-refractivity contribution in [3.8, 4) is 0 Å². The van der Waals surface area contributed by atoms with Gasteiger partial charge >= 0.3 is 0 Å². The molecule has 0 aliphatic carbocycles. The zero-order valence-corrected chi connectivity index (χ0v) is 9.50. The Bertz CT molecular complexity index is 361. The predicted octanol–water partition coefficient (Wildman–Crippen LogP) is 1.27. The van der Waals surface area contributed by atoms with Crippen molar-refractivity contribution in [1.29, 1.82) is 0 Å². The maximum absolute atomic E-state index is 10.8. The molecule has 0 saturated carbocycles. The lowest BCUT2D eigenvalue weighted by atomic mass is 10.1. The molecule has 1 aromatic rings. The van der Waals surface area contributed by atoms with Crippen LogP contribution in [0.1, 0.15) is 23.6 Å². The van der Waals surface area contributed by atoms with Gasteiger partial charge in [-0.25, -0.2) is 0 Å². The number of amides is 1. The number of carbonyl (C=O) groups is 1. The predicted molar refractivity (Wildman–Crippen MR) is 61.4 cm³/mol. The Morgan fingerprint density at radius 3 is 2.60 bits per heavy atom. The molecule has 15 heavy (non-hydrogen) atoms. The van der Waals surface area contributed by atoms with Gasteiger partial charge < -0.3 is 11.1 Å². The number of aryl methyl sites for hydroxylation is 2. The molecule has 1 unspecified atom stereocenters. The molecule has 0 radical (unpaired) electrons. The molecular formula is C12H18N2O. The largest absolute Gasteiger partial charge is 0.368 e. The summed E-state index contributed by atoms with van der Waals surface area (Å²) in [5.74, 6) is -0.321. The summed E-state index contributed by atoms with van der Waals surface area (Å²) in [7, 11) is 0. The van der Waals surface area contributed by atoms with E-state index in [0.29, 0.717) is 6.54 Å². The quantitative estimate of drug-likeness (QED) is 0.779. The lowest BCUT2D eigenvalue weighted by Gasteiger charge is -2.10. The molecule has 0 spiro atoms. The van der Waals surface area contributed by atoms with Crippen molar-refractivity contribution < 1.29 is 4.79 Å². The van der Waals surface area contributed by atoms with E-state index < -0.39 is 0 Å². The van der Waals surface area contributed by atoms with Crippen molar-refractivity contribution in [2.24, 2.45) is 5.73 Å². The summed E-state index contributed by atoms with van der Waals surface area (Å²) >= 11 is 0. The topological polar surface area (TPSA) is 55.1 Å². The van der Waals surface area contributed by atoms with Crippen LogP contribution in [-0.4, -0.2) is 11.9 Å². The number of nitrogens with two attached hydrogens (primary N) is 1. The first-order valence-electron chi connectivity index (χ1n) is 5.09. The Labute approximate surface area is 90.7 Å². The molecule has 1 aromatic carbocycles. The van der Waals surface area contributed by atoms with Crippen LogP contribution in [0.4, 0.5) is 0 Å². The first-order chi connectivity index (χ1) is 7.00. The number of nitrogens with one attached hydrogen (secondary N) is 1. The molecule has 0 fully saturated rings. The summed E-state index contributed by atoms with van der Waals surface area (Å²) in [5.41, 5.74) is 8.87. The van der Waals surface area contributed by atoms with E-state index in [-0.39, 0.29) is 11.9 Å². The smallest absolute Gasteiger partial charge is 0.234 e. The molecule has 0 bridgehead atoms. The first-order valence-corrected chi connectivity index (χ1v) is 5.09. The van der Waals surface area contributed by atoms with Gasteiger partial charge in [-0.3, -0.25) is 4.79 Å². The van der Waals surface area contributed by atoms with Crippen molar-refractivity contribution in [3.63, 3.8) is 0 Å². The van der Waals surface area contributed by atoms with Gasteiger partial charge in [0.2, 0.25) is 5.91 Å². The summed E-state index contributed by atoms with van der Waals surface area (Å²) in [6.45, 7) is 6.60. The first kappa shape index (κ1) is 11.7. The summed E-state index contributed by atoms with van der Waals surface area (Å²) in [6.07, 6.45) is 0. The molecule has 1 amide bonds. The molecule has 0 heterocycles. The molecule has 0 aliphatic heterocycles. The second-order valence-corrected chi connectivity index (χ2v) is 3.92. The van der Waals surface area contributed by atoms with Crippen LogP contribution in [0.3, 0.4) is 0 Å². The fraction of sp³-hybridized carbons (Fsp3) is 0.417. The normalized spacial score (nSPS) is 12.5. The van der Waals surface area contributed by atoms with E-state index >= 15 is 0 Å². The van der Waals surface area contributed by atoms with Gasteiger partial charge in [0, 0.05) is 6.54 Å². The average molecular weight is 206 g/mol. The van der Waals surface area contributed by atoms with Gasteiger partial charge in [-0.15, -0.1) is 0 Å². The van der Waals surface area contributed by atoms with Crippen LogP contribution >= 0.6 is 0 Å². The van der Waals surface area contributed by atoms with E-state index in [1.54, 1.807) is 6.92 Å². The van der Waals surface area contributed by atoms with E-state index in [9.17, 15) is 4.79 Å². The van der Waals surface area contributed by atoms with Crippen LogP contribution in [0.15, 0.2) is 18.2 Å². The minimum atomic E-state index is -0.321. The number of hydrogen-bond donors (Lipinski definition) is 2. The third-order valence-electron chi connectivity index (χ3n) is 2.61. The van der Waals surface area contributed by atoms with E-state index in [4.69, 9.17) is 5.73 Å². The standard InChI is InChI=1S/C12H18N2O/c1-8-4-5-11(6-9(8)2)7-14-10(3)12(13)15/h4-6,10,14H,7H2,1-3H3,(H2,13,15).